The number of carbonyl (C=O) groups is 2. The first-order chi connectivity index (χ1) is 8.22. The van der Waals surface area contributed by atoms with Gasteiger partial charge in [-0.3, -0.25) is 9.63 Å². The van der Waals surface area contributed by atoms with E-state index in [1.54, 1.807) is 6.92 Å². The van der Waals surface area contributed by atoms with Gasteiger partial charge in [0.1, 0.15) is 6.21 Å². The van der Waals surface area contributed by atoms with Crippen LogP contribution in [0.25, 0.3) is 0 Å². The lowest BCUT2D eigenvalue weighted by atomic mass is 9.86. The zero-order valence-electron chi connectivity index (χ0n) is 10.2. The van der Waals surface area contributed by atoms with Crippen LogP contribution < -0.4 is 0 Å². The Kier molecular flexibility index (Phi) is 6.29. The van der Waals surface area contributed by atoms with Gasteiger partial charge in [0.15, 0.2) is 5.78 Å². The van der Waals surface area contributed by atoms with Gasteiger partial charge < -0.3 is 4.74 Å². The van der Waals surface area contributed by atoms with Crippen molar-refractivity contribution in [2.75, 3.05) is 6.61 Å². The van der Waals surface area contributed by atoms with Crippen molar-refractivity contribution in [3.05, 3.63) is 0 Å². The monoisotopic (exact) mass is 241 g/mol. The molecule has 0 N–H and O–H groups in total. The van der Waals surface area contributed by atoms with E-state index >= 15 is 0 Å². The van der Waals surface area contributed by atoms with Crippen molar-refractivity contribution in [2.24, 2.45) is 11.1 Å². The highest BCUT2D eigenvalue weighted by Crippen LogP contribution is 2.26. The molecule has 96 valence electrons. The van der Waals surface area contributed by atoms with E-state index in [1.165, 1.54) is 19.3 Å². The average Bonchev–Trinajstić information content (AvgIpc) is 2.30. The molecule has 1 aliphatic rings. The summed E-state index contributed by atoms with van der Waals surface area (Å²) in [5.41, 5.74) is 0. The molecule has 5 heteroatoms. The highest BCUT2D eigenvalue weighted by Gasteiger charge is 2.16. The second kappa shape index (κ2) is 7.81. The van der Waals surface area contributed by atoms with Crippen LogP contribution in [0, 0.1) is 5.92 Å². The Bertz CT molecular complexity index is 282. The van der Waals surface area contributed by atoms with Gasteiger partial charge >= 0.3 is 6.16 Å². The second-order valence-electron chi connectivity index (χ2n) is 4.18. The number of ether oxygens (including phenoxy) is 1. The third-order valence-corrected chi connectivity index (χ3v) is 2.80. The molecule has 0 saturated heterocycles. The molecule has 0 aromatic rings. The van der Waals surface area contributed by atoms with Crippen LogP contribution in [0.5, 0.6) is 0 Å². The number of rotatable bonds is 5. The first-order valence-corrected chi connectivity index (χ1v) is 6.12. The lowest BCUT2D eigenvalue weighted by Crippen LogP contribution is -2.13. The molecule has 0 bridgehead atoms. The summed E-state index contributed by atoms with van der Waals surface area (Å²) in [4.78, 5) is 26.5. The Labute approximate surface area is 101 Å². The predicted octanol–water partition coefficient (Wildman–Crippen LogP) is 2.68. The van der Waals surface area contributed by atoms with Gasteiger partial charge in [-0.2, -0.15) is 0 Å². The molecule has 1 saturated carbocycles. The van der Waals surface area contributed by atoms with Crippen molar-refractivity contribution >= 4 is 18.2 Å². The third kappa shape index (κ3) is 6.04. The number of oxime groups is 1. The van der Waals surface area contributed by atoms with Crippen molar-refractivity contribution < 1.29 is 19.2 Å². The quantitative estimate of drug-likeness (QED) is 0.321. The molecule has 0 radical (unpaired) electrons. The van der Waals surface area contributed by atoms with Gasteiger partial charge in [0.05, 0.1) is 6.61 Å². The number of Topliss-reactive ketones (excluding diaryl/α,β-unsaturated/α-hetero) is 1. The molecule has 0 aromatic heterocycles. The van der Waals surface area contributed by atoms with E-state index in [2.05, 4.69) is 14.7 Å². The van der Waals surface area contributed by atoms with E-state index in [0.29, 0.717) is 12.3 Å². The highest BCUT2D eigenvalue weighted by atomic mass is 16.8. The molecule has 17 heavy (non-hydrogen) atoms. The molecule has 5 nitrogen and oxygen atoms in total. The van der Waals surface area contributed by atoms with Gasteiger partial charge in [-0.1, -0.05) is 37.3 Å². The minimum atomic E-state index is -0.880. The lowest BCUT2D eigenvalue weighted by Gasteiger charge is -2.19. The van der Waals surface area contributed by atoms with Crippen LogP contribution >= 0.6 is 0 Å². The predicted molar refractivity (Wildman–Crippen MR) is 62.8 cm³/mol. The van der Waals surface area contributed by atoms with E-state index < -0.39 is 6.16 Å². The third-order valence-electron chi connectivity index (χ3n) is 2.80. The standard InChI is InChI=1S/C12H19NO4/c1-2-16-12(15)17-13-9-11(14)8-10-6-4-3-5-7-10/h9-10H,2-8H2,1H3. The Morgan fingerprint density at radius 1 is 1.29 bits per heavy atom. The summed E-state index contributed by atoms with van der Waals surface area (Å²) in [6.07, 6.45) is 6.57. The number of carbonyl (C=O) groups excluding carboxylic acids is 2. The number of hydrogen-bond acceptors (Lipinski definition) is 5. The maximum absolute atomic E-state index is 11.5. The van der Waals surface area contributed by atoms with Gasteiger partial charge in [0.25, 0.3) is 0 Å². The molecule has 1 fully saturated rings. The molecule has 1 rings (SSSR count). The molecule has 1 aliphatic carbocycles. The van der Waals surface area contributed by atoms with E-state index in [9.17, 15) is 9.59 Å². The molecule has 0 amide bonds. The van der Waals surface area contributed by atoms with E-state index in [1.807, 2.05) is 0 Å². The van der Waals surface area contributed by atoms with Crippen LogP contribution in [0.2, 0.25) is 0 Å². The van der Waals surface area contributed by atoms with Gasteiger partial charge in [0, 0.05) is 6.42 Å². The zero-order valence-corrected chi connectivity index (χ0v) is 10.2. The smallest absolute Gasteiger partial charge is 0.433 e. The Morgan fingerprint density at radius 2 is 2.00 bits per heavy atom. The molecule has 0 spiro atoms. The minimum absolute atomic E-state index is 0.0961. The van der Waals surface area contributed by atoms with E-state index in [4.69, 9.17) is 0 Å². The van der Waals surface area contributed by atoms with E-state index in [-0.39, 0.29) is 12.4 Å². The summed E-state index contributed by atoms with van der Waals surface area (Å²) in [5.74, 6) is 0.367. The van der Waals surface area contributed by atoms with Crippen LogP contribution in [-0.4, -0.2) is 24.8 Å². The van der Waals surface area contributed by atoms with Gasteiger partial charge in [0.2, 0.25) is 0 Å². The van der Waals surface area contributed by atoms with Crippen LogP contribution in [0.4, 0.5) is 4.79 Å². The van der Waals surface area contributed by atoms with E-state index in [0.717, 1.165) is 19.1 Å². The average molecular weight is 241 g/mol. The van der Waals surface area contributed by atoms with Crippen LogP contribution in [0.15, 0.2) is 5.16 Å². The first-order valence-electron chi connectivity index (χ1n) is 6.12. The molecular formula is C12H19NO4. The SMILES string of the molecule is CCOC(=O)ON=CC(=O)CC1CCCCC1. The van der Waals surface area contributed by atoms with Crippen LogP contribution in [0.3, 0.4) is 0 Å². The Morgan fingerprint density at radius 3 is 2.65 bits per heavy atom. The topological polar surface area (TPSA) is 65.0 Å². The molecule has 0 aromatic carbocycles. The zero-order chi connectivity index (χ0) is 12.5. The maximum atomic E-state index is 11.5. The maximum Gasteiger partial charge on any atom is 0.535 e. The Hall–Kier alpha value is -1.39. The molecule has 0 unspecified atom stereocenters. The van der Waals surface area contributed by atoms with Gasteiger partial charge in [-0.15, -0.1) is 0 Å². The largest absolute Gasteiger partial charge is 0.535 e. The second-order valence-corrected chi connectivity index (χ2v) is 4.18. The lowest BCUT2D eigenvalue weighted by molar-refractivity contribution is -0.113. The fraction of sp³-hybridized carbons (Fsp3) is 0.750. The summed E-state index contributed by atoms with van der Waals surface area (Å²) >= 11 is 0. The molecular weight excluding hydrogens is 222 g/mol. The van der Waals surface area contributed by atoms with Crippen molar-refractivity contribution in [3.63, 3.8) is 0 Å². The summed E-state index contributed by atoms with van der Waals surface area (Å²) in [6, 6.07) is 0. The number of hydrogen-bond donors (Lipinski definition) is 0. The summed E-state index contributed by atoms with van der Waals surface area (Å²) in [7, 11) is 0. The number of nitrogens with zero attached hydrogens (tertiary/aromatic N) is 1. The van der Waals surface area contributed by atoms with Gasteiger partial charge in [-0.25, -0.2) is 4.79 Å². The first kappa shape index (κ1) is 13.7. The van der Waals surface area contributed by atoms with Gasteiger partial charge in [-0.05, 0) is 12.8 Å². The Balaban J connectivity index is 2.19. The molecule has 0 aliphatic heterocycles. The van der Waals surface area contributed by atoms with Crippen molar-refractivity contribution in [1.29, 1.82) is 0 Å². The van der Waals surface area contributed by atoms with Crippen molar-refractivity contribution in [2.45, 2.75) is 45.4 Å². The molecule has 0 heterocycles. The van der Waals surface area contributed by atoms with Crippen molar-refractivity contribution in [1.82, 2.24) is 0 Å². The van der Waals surface area contributed by atoms with Crippen molar-refractivity contribution in [3.8, 4) is 0 Å². The molecule has 0 atom stereocenters. The van der Waals surface area contributed by atoms with Crippen LogP contribution in [0.1, 0.15) is 45.4 Å². The summed E-state index contributed by atoms with van der Waals surface area (Å²) in [5, 5.41) is 3.31. The minimum Gasteiger partial charge on any atom is -0.433 e. The summed E-state index contributed by atoms with van der Waals surface area (Å²) < 4.78 is 4.49. The fourth-order valence-corrected chi connectivity index (χ4v) is 2.00. The number of ketones is 1. The normalized spacial score (nSPS) is 17.0. The van der Waals surface area contributed by atoms with Crippen LogP contribution in [-0.2, 0) is 14.4 Å². The highest BCUT2D eigenvalue weighted by molar-refractivity contribution is 6.27. The summed E-state index contributed by atoms with van der Waals surface area (Å²) in [6.45, 7) is 1.89. The fourth-order valence-electron chi connectivity index (χ4n) is 2.00.